The van der Waals surface area contributed by atoms with Gasteiger partial charge in [0.25, 0.3) is 0 Å². The molecule has 3 aromatic rings. The molecule has 3 rings (SSSR count). The van der Waals surface area contributed by atoms with Crippen molar-refractivity contribution in [2.45, 2.75) is 0 Å². The van der Waals surface area contributed by atoms with Crippen molar-refractivity contribution in [2.75, 3.05) is 0 Å². The first-order valence-corrected chi connectivity index (χ1v) is 4.92. The first-order chi connectivity index (χ1) is 6.93. The van der Waals surface area contributed by atoms with Crippen LogP contribution in [0.25, 0.3) is 21.5 Å². The van der Waals surface area contributed by atoms with Crippen LogP contribution in [-0.2, 0) is 0 Å². The molecule has 1 aromatic carbocycles. The predicted octanol–water partition coefficient (Wildman–Crippen LogP) is 2.08. The van der Waals surface area contributed by atoms with Crippen LogP contribution in [0.2, 0.25) is 0 Å². The van der Waals surface area contributed by atoms with Gasteiger partial charge in [0.1, 0.15) is 5.52 Å². The molecule has 0 radical (unpaired) electrons. The highest BCUT2D eigenvalue weighted by molar-refractivity contribution is 7.12. The van der Waals surface area contributed by atoms with Crippen LogP contribution >= 0.6 is 11.5 Å². The van der Waals surface area contributed by atoms with Crippen molar-refractivity contribution in [3.63, 3.8) is 0 Å². The maximum atomic E-state index is 3.98. The zero-order valence-corrected chi connectivity index (χ0v) is 7.95. The number of aromatic nitrogens is 4. The average Bonchev–Trinajstić information content (AvgIpc) is 2.88. The molecule has 14 heavy (non-hydrogen) atoms. The zero-order chi connectivity index (χ0) is 9.38. The van der Waals surface area contributed by atoms with Crippen LogP contribution in [0.4, 0.5) is 0 Å². The summed E-state index contributed by atoms with van der Waals surface area (Å²) in [5.74, 6) is 0. The van der Waals surface area contributed by atoms with E-state index in [0.717, 1.165) is 21.5 Å². The highest BCUT2D eigenvalue weighted by atomic mass is 32.1. The number of hydrogen-bond acceptors (Lipinski definition) is 4. The summed E-state index contributed by atoms with van der Waals surface area (Å²) in [4.78, 5) is 7.05. The van der Waals surface area contributed by atoms with Gasteiger partial charge in [-0.25, -0.2) is 4.98 Å². The summed E-state index contributed by atoms with van der Waals surface area (Å²) >= 11 is 1.40. The fourth-order valence-electron chi connectivity index (χ4n) is 1.36. The number of H-pyrrole nitrogens is 1. The van der Waals surface area contributed by atoms with Crippen LogP contribution < -0.4 is 0 Å². The number of imidazole rings is 1. The first kappa shape index (κ1) is 7.64. The van der Waals surface area contributed by atoms with Crippen molar-refractivity contribution in [1.29, 1.82) is 0 Å². The molecule has 0 unspecified atom stereocenters. The maximum Gasteiger partial charge on any atom is 0.106 e. The summed E-state index contributed by atoms with van der Waals surface area (Å²) in [6.45, 7) is 0. The minimum Gasteiger partial charge on any atom is -0.345 e. The Morgan fingerprint density at radius 3 is 3.14 bits per heavy atom. The average molecular weight is 202 g/mol. The normalized spacial score (nSPS) is 10.9. The molecule has 0 atom stereocenters. The highest BCUT2D eigenvalue weighted by Gasteiger charge is 2.02. The lowest BCUT2D eigenvalue weighted by atomic mass is 10.2. The molecule has 68 valence electrons. The minimum atomic E-state index is 0.943. The smallest absolute Gasteiger partial charge is 0.106 e. The number of nitrogens with zero attached hydrogens (tertiary/aromatic N) is 3. The van der Waals surface area contributed by atoms with Gasteiger partial charge in [-0.3, -0.25) is 0 Å². The van der Waals surface area contributed by atoms with Crippen molar-refractivity contribution in [3.8, 4) is 11.3 Å². The lowest BCUT2D eigenvalue weighted by Gasteiger charge is -1.95. The summed E-state index contributed by atoms with van der Waals surface area (Å²) in [6.07, 6.45) is 3.47. The molecule has 1 N–H and O–H groups in total. The van der Waals surface area contributed by atoms with Crippen LogP contribution in [0.3, 0.4) is 0 Å². The molecule has 0 saturated carbocycles. The Morgan fingerprint density at radius 2 is 2.29 bits per heavy atom. The first-order valence-electron chi connectivity index (χ1n) is 4.14. The van der Waals surface area contributed by atoms with E-state index in [1.165, 1.54) is 11.5 Å². The maximum absolute atomic E-state index is 3.98. The molecule has 0 aliphatic rings. The Balaban J connectivity index is 2.23. The predicted molar refractivity (Wildman–Crippen MR) is 55.0 cm³/mol. The van der Waals surface area contributed by atoms with Gasteiger partial charge in [-0.15, -0.1) is 5.10 Å². The highest BCUT2D eigenvalue weighted by Crippen LogP contribution is 2.23. The van der Waals surface area contributed by atoms with Gasteiger partial charge in [-0.1, -0.05) is 10.6 Å². The summed E-state index contributed by atoms with van der Waals surface area (Å²) in [5.41, 5.74) is 3.07. The summed E-state index contributed by atoms with van der Waals surface area (Å²) in [6, 6.07) is 6.04. The third-order valence-corrected chi connectivity index (χ3v) is 2.74. The van der Waals surface area contributed by atoms with Crippen LogP contribution in [0.15, 0.2) is 30.7 Å². The van der Waals surface area contributed by atoms with E-state index in [0.29, 0.717) is 0 Å². The molecule has 0 aliphatic carbocycles. The van der Waals surface area contributed by atoms with E-state index < -0.39 is 0 Å². The largest absolute Gasteiger partial charge is 0.345 e. The Kier molecular flexibility index (Phi) is 1.57. The molecule has 0 bridgehead atoms. The van der Waals surface area contributed by atoms with Gasteiger partial charge in [0, 0.05) is 5.56 Å². The molecule has 0 saturated heterocycles. The van der Waals surface area contributed by atoms with Crippen LogP contribution in [0.5, 0.6) is 0 Å². The van der Waals surface area contributed by atoms with Crippen LogP contribution in [-0.4, -0.2) is 19.6 Å². The van der Waals surface area contributed by atoms with Gasteiger partial charge in [0.2, 0.25) is 0 Å². The SMILES string of the molecule is c1ncc(-c2ccc3nnsc3c2)[nH]1. The van der Waals surface area contributed by atoms with Gasteiger partial charge in [-0.05, 0) is 23.7 Å². The minimum absolute atomic E-state index is 0.943. The van der Waals surface area contributed by atoms with Crippen LogP contribution in [0, 0.1) is 0 Å². The molecular formula is C9H6N4S. The number of fused-ring (bicyclic) bond motifs is 1. The van der Waals surface area contributed by atoms with E-state index in [-0.39, 0.29) is 0 Å². The fourth-order valence-corrected chi connectivity index (χ4v) is 1.96. The molecule has 2 aromatic heterocycles. The number of rotatable bonds is 1. The van der Waals surface area contributed by atoms with Crippen molar-refractivity contribution in [2.24, 2.45) is 0 Å². The van der Waals surface area contributed by atoms with Crippen molar-refractivity contribution in [3.05, 3.63) is 30.7 Å². The molecule has 5 heteroatoms. The Morgan fingerprint density at radius 1 is 1.29 bits per heavy atom. The second-order valence-corrected chi connectivity index (χ2v) is 3.71. The molecule has 0 spiro atoms. The second kappa shape index (κ2) is 2.88. The summed E-state index contributed by atoms with van der Waals surface area (Å²) in [5, 5.41) is 3.98. The van der Waals surface area contributed by atoms with E-state index in [1.54, 1.807) is 12.5 Å². The van der Waals surface area contributed by atoms with E-state index in [2.05, 4.69) is 25.6 Å². The lowest BCUT2D eigenvalue weighted by Crippen LogP contribution is -1.76. The van der Waals surface area contributed by atoms with Crippen LogP contribution in [0.1, 0.15) is 0 Å². The number of benzene rings is 1. The van der Waals surface area contributed by atoms with E-state index in [4.69, 9.17) is 0 Å². The van der Waals surface area contributed by atoms with Gasteiger partial charge < -0.3 is 4.98 Å². The van der Waals surface area contributed by atoms with Gasteiger partial charge in [0.15, 0.2) is 0 Å². The Hall–Kier alpha value is -1.75. The molecule has 0 amide bonds. The summed E-state index contributed by atoms with van der Waals surface area (Å²) in [7, 11) is 0. The molecule has 0 aliphatic heterocycles. The van der Waals surface area contributed by atoms with Gasteiger partial charge >= 0.3 is 0 Å². The quantitative estimate of drug-likeness (QED) is 0.657. The molecule has 0 fully saturated rings. The monoisotopic (exact) mass is 202 g/mol. The number of hydrogen-bond donors (Lipinski definition) is 1. The van der Waals surface area contributed by atoms with Gasteiger partial charge in [0.05, 0.1) is 22.9 Å². The topological polar surface area (TPSA) is 54.5 Å². The van der Waals surface area contributed by atoms with Crippen molar-refractivity contribution in [1.82, 2.24) is 19.6 Å². The Bertz CT molecular complexity index is 555. The van der Waals surface area contributed by atoms with Crippen molar-refractivity contribution < 1.29 is 0 Å². The molecule has 4 nitrogen and oxygen atoms in total. The van der Waals surface area contributed by atoms with Gasteiger partial charge in [-0.2, -0.15) is 0 Å². The fraction of sp³-hybridized carbons (Fsp3) is 0. The third kappa shape index (κ3) is 1.10. The second-order valence-electron chi connectivity index (χ2n) is 2.92. The van der Waals surface area contributed by atoms with Crippen molar-refractivity contribution >= 4 is 21.7 Å². The van der Waals surface area contributed by atoms with E-state index in [1.807, 2.05) is 12.1 Å². The number of aromatic amines is 1. The third-order valence-electron chi connectivity index (χ3n) is 2.06. The zero-order valence-electron chi connectivity index (χ0n) is 7.14. The number of nitrogens with one attached hydrogen (secondary N) is 1. The van der Waals surface area contributed by atoms with E-state index in [9.17, 15) is 0 Å². The standard InChI is InChI=1S/C9H6N4S/c1-2-7-9(14-13-12-7)3-6(1)8-4-10-5-11-8/h1-5H,(H,10,11). The lowest BCUT2D eigenvalue weighted by molar-refractivity contribution is 1.20. The molecular weight excluding hydrogens is 196 g/mol. The Labute approximate surface area is 83.8 Å². The summed E-state index contributed by atoms with van der Waals surface area (Å²) < 4.78 is 4.98. The van der Waals surface area contributed by atoms with E-state index >= 15 is 0 Å². The molecule has 2 heterocycles.